The summed E-state index contributed by atoms with van der Waals surface area (Å²) in [5.41, 5.74) is 1.92. The number of aromatic nitrogens is 3. The number of hydrogen-bond donors (Lipinski definition) is 0. The number of nitrogens with zero attached hydrogens (tertiary/aromatic N) is 4. The van der Waals surface area contributed by atoms with Gasteiger partial charge in [0.05, 0.1) is 24.6 Å². The zero-order valence-electron chi connectivity index (χ0n) is 18.0. The number of carbonyl (C=O) groups excluding carboxylic acids is 1. The lowest BCUT2D eigenvalue weighted by molar-refractivity contribution is -0.116. The molecule has 2 heterocycles. The fourth-order valence-corrected chi connectivity index (χ4v) is 5.62. The summed E-state index contributed by atoms with van der Waals surface area (Å²) in [6, 6.07) is 15.6. The van der Waals surface area contributed by atoms with Crippen LogP contribution in [0.25, 0.3) is 11.4 Å². The largest absolute Gasteiger partial charge is 0.383 e. The fourth-order valence-electron chi connectivity index (χ4n) is 3.54. The van der Waals surface area contributed by atoms with Crippen LogP contribution in [0.2, 0.25) is 5.02 Å². The van der Waals surface area contributed by atoms with E-state index in [1.807, 2.05) is 63.7 Å². The Morgan fingerprint density at radius 3 is 2.78 bits per heavy atom. The van der Waals surface area contributed by atoms with Crippen LogP contribution >= 0.6 is 35.1 Å². The first-order chi connectivity index (χ1) is 15.6. The first-order valence-corrected chi connectivity index (χ1v) is 12.7. The van der Waals surface area contributed by atoms with Crippen molar-refractivity contribution < 1.29 is 9.53 Å². The van der Waals surface area contributed by atoms with E-state index in [1.54, 1.807) is 7.11 Å². The summed E-state index contributed by atoms with van der Waals surface area (Å²) in [5, 5.41) is 10.6. The summed E-state index contributed by atoms with van der Waals surface area (Å²) >= 11 is 9.27. The maximum Gasteiger partial charge on any atom is 0.237 e. The first-order valence-electron chi connectivity index (χ1n) is 10.4. The summed E-state index contributed by atoms with van der Waals surface area (Å²) in [6.07, 6.45) is 0.959. The van der Waals surface area contributed by atoms with Crippen molar-refractivity contribution in [3.8, 4) is 11.4 Å². The van der Waals surface area contributed by atoms with E-state index >= 15 is 0 Å². The van der Waals surface area contributed by atoms with Gasteiger partial charge in [-0.25, -0.2) is 0 Å². The number of halogens is 1. The Morgan fingerprint density at radius 2 is 2.00 bits per heavy atom. The molecular formula is C23H25ClN4O2S2. The second-order valence-corrected chi connectivity index (χ2v) is 10.3. The molecule has 6 nitrogen and oxygen atoms in total. The van der Waals surface area contributed by atoms with E-state index in [2.05, 4.69) is 23.2 Å². The van der Waals surface area contributed by atoms with E-state index in [0.717, 1.165) is 34.9 Å². The van der Waals surface area contributed by atoms with Crippen LogP contribution in [0.5, 0.6) is 0 Å². The Balaban J connectivity index is 1.53. The zero-order chi connectivity index (χ0) is 22.5. The minimum Gasteiger partial charge on any atom is -0.383 e. The van der Waals surface area contributed by atoms with Crippen LogP contribution in [0.15, 0.2) is 58.6 Å². The van der Waals surface area contributed by atoms with Gasteiger partial charge in [0.25, 0.3) is 0 Å². The minimum absolute atomic E-state index is 0.0754. The molecule has 4 rings (SSSR count). The molecule has 0 fully saturated rings. The first kappa shape index (κ1) is 23.2. The van der Waals surface area contributed by atoms with Gasteiger partial charge >= 0.3 is 0 Å². The van der Waals surface area contributed by atoms with Gasteiger partial charge in [0.1, 0.15) is 0 Å². The van der Waals surface area contributed by atoms with E-state index < -0.39 is 0 Å². The molecule has 0 radical (unpaired) electrons. The van der Waals surface area contributed by atoms with Crippen molar-refractivity contribution >= 4 is 46.7 Å². The third-order valence-corrected chi connectivity index (χ3v) is 7.65. The standard InChI is InChI=1S/C23H25ClN4O2S2/c1-16-11-12-27(19-5-3-4-6-20(19)32-16)21(29)15-31-23-26-25-22(28(23)13-14-30-2)17-7-9-18(24)10-8-17/h3-10,16H,11-15H2,1-2H3/t16-/m1/s1. The maximum atomic E-state index is 13.2. The third-order valence-electron chi connectivity index (χ3n) is 5.21. The number of fused-ring (bicyclic) bond motifs is 1. The lowest BCUT2D eigenvalue weighted by atomic mass is 10.2. The smallest absolute Gasteiger partial charge is 0.237 e. The highest BCUT2D eigenvalue weighted by molar-refractivity contribution is 8.00. The molecule has 0 unspecified atom stereocenters. The summed E-state index contributed by atoms with van der Waals surface area (Å²) in [6.45, 7) is 4.05. The van der Waals surface area contributed by atoms with Crippen LogP contribution in [0, 0.1) is 0 Å². The number of thioether (sulfide) groups is 2. The molecule has 2 aromatic carbocycles. The van der Waals surface area contributed by atoms with Crippen molar-refractivity contribution in [2.75, 3.05) is 30.9 Å². The van der Waals surface area contributed by atoms with Gasteiger partial charge in [-0.15, -0.1) is 22.0 Å². The Bertz CT molecular complexity index is 1070. The number of ether oxygens (including phenoxy) is 1. The topological polar surface area (TPSA) is 60.2 Å². The van der Waals surface area contributed by atoms with Gasteiger partial charge in [-0.2, -0.15) is 0 Å². The molecular weight excluding hydrogens is 464 g/mol. The predicted octanol–water partition coefficient (Wildman–Crippen LogP) is 5.25. The SMILES string of the molecule is COCCn1c(SCC(=O)N2CC[C@@H](C)Sc3ccccc32)nnc1-c1ccc(Cl)cc1. The predicted molar refractivity (Wildman–Crippen MR) is 132 cm³/mol. The monoisotopic (exact) mass is 488 g/mol. The molecule has 32 heavy (non-hydrogen) atoms. The van der Waals surface area contributed by atoms with E-state index in [0.29, 0.717) is 34.3 Å². The normalized spacial score (nSPS) is 16.0. The van der Waals surface area contributed by atoms with Crippen LogP contribution in [0.1, 0.15) is 13.3 Å². The van der Waals surface area contributed by atoms with Crippen LogP contribution in [-0.2, 0) is 16.1 Å². The van der Waals surface area contributed by atoms with Gasteiger partial charge in [0.15, 0.2) is 11.0 Å². The molecule has 0 saturated heterocycles. The van der Waals surface area contributed by atoms with E-state index in [4.69, 9.17) is 16.3 Å². The molecule has 0 saturated carbocycles. The molecule has 1 amide bonds. The van der Waals surface area contributed by atoms with Crippen molar-refractivity contribution in [2.45, 2.75) is 35.2 Å². The lowest BCUT2D eigenvalue weighted by Crippen LogP contribution is -2.33. The van der Waals surface area contributed by atoms with Crippen LogP contribution in [0.3, 0.4) is 0 Å². The molecule has 0 N–H and O–H groups in total. The van der Waals surface area contributed by atoms with Gasteiger partial charge in [-0.05, 0) is 42.8 Å². The van der Waals surface area contributed by atoms with Crippen molar-refractivity contribution in [1.29, 1.82) is 0 Å². The Morgan fingerprint density at radius 1 is 1.22 bits per heavy atom. The second kappa shape index (κ2) is 10.7. The molecule has 1 aliphatic rings. The number of amides is 1. The fraction of sp³-hybridized carbons (Fsp3) is 0.348. The van der Waals surface area contributed by atoms with Gasteiger partial charge in [0.2, 0.25) is 5.91 Å². The number of rotatable bonds is 7. The highest BCUT2D eigenvalue weighted by atomic mass is 35.5. The Kier molecular flexibility index (Phi) is 7.78. The third kappa shape index (κ3) is 5.31. The van der Waals surface area contributed by atoms with E-state index in [9.17, 15) is 4.79 Å². The second-order valence-electron chi connectivity index (χ2n) is 7.48. The van der Waals surface area contributed by atoms with Gasteiger partial charge in [0, 0.05) is 34.4 Å². The molecule has 1 aromatic heterocycles. The molecule has 168 valence electrons. The quantitative estimate of drug-likeness (QED) is 0.423. The van der Waals surface area contributed by atoms with E-state index in [1.165, 1.54) is 11.8 Å². The summed E-state index contributed by atoms with van der Waals surface area (Å²) < 4.78 is 7.28. The molecule has 1 aliphatic heterocycles. The molecule has 3 aromatic rings. The van der Waals surface area contributed by atoms with Gasteiger partial charge in [-0.3, -0.25) is 9.36 Å². The number of benzene rings is 2. The molecule has 0 spiro atoms. The molecule has 0 bridgehead atoms. The van der Waals surface area contributed by atoms with Crippen molar-refractivity contribution in [3.05, 3.63) is 53.6 Å². The lowest BCUT2D eigenvalue weighted by Gasteiger charge is -2.22. The van der Waals surface area contributed by atoms with Gasteiger partial charge < -0.3 is 9.64 Å². The van der Waals surface area contributed by atoms with E-state index in [-0.39, 0.29) is 5.91 Å². The zero-order valence-corrected chi connectivity index (χ0v) is 20.4. The Labute approximate surface area is 201 Å². The average Bonchev–Trinajstić information content (AvgIpc) is 3.11. The molecule has 9 heteroatoms. The Hall–Kier alpha value is -2.00. The van der Waals surface area contributed by atoms with Crippen LogP contribution in [0.4, 0.5) is 5.69 Å². The summed E-state index contributed by atoms with van der Waals surface area (Å²) in [5.74, 6) is 1.10. The number of hydrogen-bond acceptors (Lipinski definition) is 6. The minimum atomic E-state index is 0.0754. The molecule has 0 aliphatic carbocycles. The van der Waals surface area contributed by atoms with Crippen molar-refractivity contribution in [2.24, 2.45) is 0 Å². The highest BCUT2D eigenvalue weighted by Crippen LogP contribution is 2.37. The number of methoxy groups -OCH3 is 1. The van der Waals surface area contributed by atoms with Crippen LogP contribution in [-0.4, -0.2) is 51.9 Å². The number of anilines is 1. The maximum absolute atomic E-state index is 13.2. The summed E-state index contributed by atoms with van der Waals surface area (Å²) in [7, 11) is 1.67. The average molecular weight is 489 g/mol. The van der Waals surface area contributed by atoms with Gasteiger partial charge in [-0.1, -0.05) is 42.4 Å². The molecule has 1 atom stereocenters. The summed E-state index contributed by atoms with van der Waals surface area (Å²) in [4.78, 5) is 16.3. The number of para-hydroxylation sites is 1. The van der Waals surface area contributed by atoms with Crippen molar-refractivity contribution in [3.63, 3.8) is 0 Å². The highest BCUT2D eigenvalue weighted by Gasteiger charge is 2.25. The van der Waals surface area contributed by atoms with Crippen molar-refractivity contribution in [1.82, 2.24) is 14.8 Å². The van der Waals surface area contributed by atoms with Crippen LogP contribution < -0.4 is 4.90 Å². The number of carbonyl (C=O) groups is 1.